The van der Waals surface area contributed by atoms with Gasteiger partial charge in [0.15, 0.2) is 16.4 Å². The normalized spacial score (nSPS) is 25.9. The number of sulfone groups is 1. The number of benzene rings is 1. The molecule has 2 fully saturated rings. The van der Waals surface area contributed by atoms with Crippen molar-refractivity contribution >= 4 is 21.7 Å². The first-order valence-electron chi connectivity index (χ1n) is 9.09. The van der Waals surface area contributed by atoms with Crippen LogP contribution in [0.25, 0.3) is 0 Å². The summed E-state index contributed by atoms with van der Waals surface area (Å²) < 4.78 is 41.8. The van der Waals surface area contributed by atoms with Crippen molar-refractivity contribution in [1.29, 1.82) is 0 Å². The highest BCUT2D eigenvalue weighted by atomic mass is 32.2. The van der Waals surface area contributed by atoms with Gasteiger partial charge in [0.2, 0.25) is 0 Å². The van der Waals surface area contributed by atoms with Gasteiger partial charge in [-0.15, -0.1) is 0 Å². The Morgan fingerprint density at radius 3 is 2.33 bits per heavy atom. The number of amides is 1. The second-order valence-corrected chi connectivity index (χ2v) is 10.0. The third-order valence-electron chi connectivity index (χ3n) is 5.52. The molecular formula is C19H24FNO5S. The molecule has 1 heterocycles. The van der Waals surface area contributed by atoms with E-state index in [0.717, 1.165) is 12.8 Å². The fourth-order valence-corrected chi connectivity index (χ4v) is 6.20. The quantitative estimate of drug-likeness (QED) is 0.766. The van der Waals surface area contributed by atoms with E-state index in [0.29, 0.717) is 24.8 Å². The van der Waals surface area contributed by atoms with E-state index in [2.05, 4.69) is 5.32 Å². The minimum absolute atomic E-state index is 0.0389. The Balaban J connectivity index is 1.63. The average molecular weight is 397 g/mol. The summed E-state index contributed by atoms with van der Waals surface area (Å²) in [5.41, 5.74) is -0.987. The summed E-state index contributed by atoms with van der Waals surface area (Å²) in [5, 5.41) is 2.67. The number of nitrogens with one attached hydrogen (secondary N) is 1. The number of rotatable bonds is 5. The van der Waals surface area contributed by atoms with Crippen molar-refractivity contribution in [3.8, 4) is 0 Å². The molecule has 1 amide bonds. The lowest BCUT2D eigenvalue weighted by Crippen LogP contribution is -2.49. The Bertz CT molecular complexity index is 830. The zero-order valence-corrected chi connectivity index (χ0v) is 16.1. The molecule has 1 saturated carbocycles. The first-order valence-corrected chi connectivity index (χ1v) is 10.9. The molecule has 3 rings (SSSR count). The largest absolute Gasteiger partial charge is 0.455 e. The predicted molar refractivity (Wildman–Crippen MR) is 97.3 cm³/mol. The summed E-state index contributed by atoms with van der Waals surface area (Å²) in [5.74, 6) is -1.46. The Kier molecular flexibility index (Phi) is 5.29. The minimum atomic E-state index is -3.15. The van der Waals surface area contributed by atoms with E-state index < -0.39 is 39.3 Å². The molecule has 1 saturated heterocycles. The molecule has 1 N–H and O–H groups in total. The maximum Gasteiger partial charge on any atom is 0.317 e. The fourth-order valence-electron chi connectivity index (χ4n) is 4.11. The third kappa shape index (κ3) is 4.31. The van der Waals surface area contributed by atoms with Gasteiger partial charge in [-0.25, -0.2) is 12.8 Å². The molecule has 0 bridgehead atoms. The van der Waals surface area contributed by atoms with Crippen LogP contribution in [0.5, 0.6) is 0 Å². The monoisotopic (exact) mass is 397 g/mol. The molecule has 0 unspecified atom stereocenters. The SMILES string of the molecule is C[C@]1(NC(=O)COC(=O)C2(c3ccc(F)cc3)CCCC2)CCS(=O)(=O)C1. The highest BCUT2D eigenvalue weighted by Gasteiger charge is 2.45. The van der Waals surface area contributed by atoms with E-state index in [-0.39, 0.29) is 17.3 Å². The van der Waals surface area contributed by atoms with Crippen LogP contribution in [0.1, 0.15) is 44.6 Å². The highest BCUT2D eigenvalue weighted by molar-refractivity contribution is 7.91. The van der Waals surface area contributed by atoms with E-state index in [1.807, 2.05) is 0 Å². The van der Waals surface area contributed by atoms with Crippen LogP contribution < -0.4 is 5.32 Å². The summed E-state index contributed by atoms with van der Waals surface area (Å²) in [6.45, 7) is 1.21. The summed E-state index contributed by atoms with van der Waals surface area (Å²) in [6.07, 6.45) is 3.24. The van der Waals surface area contributed by atoms with Crippen molar-refractivity contribution in [2.45, 2.75) is 50.0 Å². The van der Waals surface area contributed by atoms with Gasteiger partial charge in [-0.05, 0) is 43.9 Å². The molecule has 0 radical (unpaired) electrons. The number of carbonyl (C=O) groups is 2. The second kappa shape index (κ2) is 7.22. The van der Waals surface area contributed by atoms with Gasteiger partial charge in [-0.3, -0.25) is 9.59 Å². The molecule has 2 aliphatic rings. The molecule has 6 nitrogen and oxygen atoms in total. The van der Waals surface area contributed by atoms with Crippen LogP contribution in [0.15, 0.2) is 24.3 Å². The molecular weight excluding hydrogens is 373 g/mol. The van der Waals surface area contributed by atoms with Crippen LogP contribution in [-0.2, 0) is 29.6 Å². The minimum Gasteiger partial charge on any atom is -0.455 e. The van der Waals surface area contributed by atoms with E-state index in [1.165, 1.54) is 12.1 Å². The molecule has 0 spiro atoms. The molecule has 1 atom stereocenters. The summed E-state index contributed by atoms with van der Waals surface area (Å²) in [7, 11) is -3.15. The standard InChI is InChI=1S/C19H24FNO5S/c1-18(10-11-27(24,25)13-18)21-16(22)12-26-17(23)19(8-2-3-9-19)14-4-6-15(20)7-5-14/h4-7H,2-3,8-13H2,1H3,(H,21,22)/t18-/m0/s1. The lowest BCUT2D eigenvalue weighted by molar-refractivity contribution is -0.154. The van der Waals surface area contributed by atoms with E-state index in [9.17, 15) is 22.4 Å². The van der Waals surface area contributed by atoms with Gasteiger partial charge in [0.25, 0.3) is 5.91 Å². The van der Waals surface area contributed by atoms with E-state index in [1.54, 1.807) is 19.1 Å². The zero-order valence-electron chi connectivity index (χ0n) is 15.3. The van der Waals surface area contributed by atoms with Crippen LogP contribution >= 0.6 is 0 Å². The first-order chi connectivity index (χ1) is 12.6. The molecule has 148 valence electrons. The molecule has 1 aliphatic carbocycles. The van der Waals surface area contributed by atoms with Crippen LogP contribution in [-0.4, -0.2) is 43.9 Å². The van der Waals surface area contributed by atoms with Crippen molar-refractivity contribution in [3.05, 3.63) is 35.6 Å². The van der Waals surface area contributed by atoms with Crippen LogP contribution in [0.3, 0.4) is 0 Å². The smallest absolute Gasteiger partial charge is 0.317 e. The number of hydrogen-bond acceptors (Lipinski definition) is 5. The lowest BCUT2D eigenvalue weighted by Gasteiger charge is -2.28. The second-order valence-electron chi connectivity index (χ2n) is 7.82. The number of halogens is 1. The Hall–Kier alpha value is -1.96. The molecule has 1 aromatic rings. The van der Waals surface area contributed by atoms with Crippen molar-refractivity contribution in [2.75, 3.05) is 18.1 Å². The molecule has 1 aromatic carbocycles. The van der Waals surface area contributed by atoms with Crippen LogP contribution in [0, 0.1) is 5.82 Å². The summed E-state index contributed by atoms with van der Waals surface area (Å²) >= 11 is 0. The Morgan fingerprint density at radius 1 is 1.15 bits per heavy atom. The Morgan fingerprint density at radius 2 is 1.78 bits per heavy atom. The number of carbonyl (C=O) groups excluding carboxylic acids is 2. The van der Waals surface area contributed by atoms with Crippen molar-refractivity contribution in [3.63, 3.8) is 0 Å². The van der Waals surface area contributed by atoms with E-state index >= 15 is 0 Å². The maximum atomic E-state index is 13.2. The zero-order chi connectivity index (χ0) is 19.7. The molecule has 0 aromatic heterocycles. The number of ether oxygens (including phenoxy) is 1. The number of hydrogen-bond donors (Lipinski definition) is 1. The summed E-state index contributed by atoms with van der Waals surface area (Å²) in [6, 6.07) is 5.81. The van der Waals surface area contributed by atoms with Gasteiger partial charge < -0.3 is 10.1 Å². The highest BCUT2D eigenvalue weighted by Crippen LogP contribution is 2.42. The topological polar surface area (TPSA) is 89.5 Å². The molecule has 8 heteroatoms. The molecule has 27 heavy (non-hydrogen) atoms. The van der Waals surface area contributed by atoms with Crippen molar-refractivity contribution in [2.24, 2.45) is 0 Å². The van der Waals surface area contributed by atoms with Gasteiger partial charge in [0, 0.05) is 0 Å². The average Bonchev–Trinajstić information content (AvgIpc) is 3.19. The van der Waals surface area contributed by atoms with Gasteiger partial charge in [0.1, 0.15) is 5.82 Å². The van der Waals surface area contributed by atoms with Crippen molar-refractivity contribution < 1.29 is 27.1 Å². The first kappa shape index (κ1) is 19.8. The van der Waals surface area contributed by atoms with Crippen molar-refractivity contribution in [1.82, 2.24) is 5.32 Å². The van der Waals surface area contributed by atoms with Gasteiger partial charge in [-0.1, -0.05) is 25.0 Å². The summed E-state index contributed by atoms with van der Waals surface area (Å²) in [4.78, 5) is 25.0. The Labute approximate surface area is 158 Å². The van der Waals surface area contributed by atoms with Gasteiger partial charge in [-0.2, -0.15) is 0 Å². The predicted octanol–water partition coefficient (Wildman–Crippen LogP) is 1.87. The molecule has 1 aliphatic heterocycles. The third-order valence-corrected chi connectivity index (χ3v) is 7.43. The van der Waals surface area contributed by atoms with Crippen LogP contribution in [0.2, 0.25) is 0 Å². The maximum absolute atomic E-state index is 13.2. The lowest BCUT2D eigenvalue weighted by atomic mass is 9.79. The fraction of sp³-hybridized carbons (Fsp3) is 0.579. The van der Waals surface area contributed by atoms with Gasteiger partial charge >= 0.3 is 5.97 Å². The van der Waals surface area contributed by atoms with E-state index in [4.69, 9.17) is 4.74 Å². The van der Waals surface area contributed by atoms with Gasteiger partial charge in [0.05, 0.1) is 22.5 Å². The number of esters is 1. The van der Waals surface area contributed by atoms with Crippen LogP contribution in [0.4, 0.5) is 4.39 Å².